The maximum atomic E-state index is 11.8. The molecule has 0 unspecified atom stereocenters. The Hall–Kier alpha value is -1.84. The largest absolute Gasteiger partial charge is 0.348 e. The monoisotopic (exact) mass is 248 g/mol. The lowest BCUT2D eigenvalue weighted by molar-refractivity contribution is -0.137. The highest BCUT2D eigenvalue weighted by Gasteiger charge is 2.18. The van der Waals surface area contributed by atoms with Crippen molar-refractivity contribution in [1.82, 2.24) is 5.32 Å². The quantitative estimate of drug-likeness (QED) is 0.639. The molecule has 2 amide bonds. The third kappa shape index (κ3) is 4.20. The number of likely N-dealkylation sites (N-methyl/N-ethyl adjacent to an activating group) is 1. The van der Waals surface area contributed by atoms with Crippen molar-refractivity contribution in [2.75, 3.05) is 18.5 Å². The third-order valence-corrected chi connectivity index (χ3v) is 2.71. The van der Waals surface area contributed by atoms with Crippen LogP contribution in [0.25, 0.3) is 0 Å². The minimum atomic E-state index is -0.544. The molecule has 1 aromatic carbocycles. The molecule has 0 aliphatic rings. The highest BCUT2D eigenvalue weighted by atomic mass is 16.2. The molecule has 0 radical (unpaired) electrons. The van der Waals surface area contributed by atoms with Crippen LogP contribution >= 0.6 is 0 Å². The van der Waals surface area contributed by atoms with E-state index in [1.165, 1.54) is 4.90 Å². The van der Waals surface area contributed by atoms with Crippen molar-refractivity contribution >= 4 is 17.5 Å². The van der Waals surface area contributed by atoms with E-state index in [2.05, 4.69) is 12.2 Å². The van der Waals surface area contributed by atoms with E-state index in [1.807, 2.05) is 18.2 Å². The molecule has 18 heavy (non-hydrogen) atoms. The second-order valence-electron chi connectivity index (χ2n) is 4.16. The lowest BCUT2D eigenvalue weighted by atomic mass is 10.2. The van der Waals surface area contributed by atoms with Gasteiger partial charge in [0, 0.05) is 19.3 Å². The van der Waals surface area contributed by atoms with E-state index in [1.54, 1.807) is 19.2 Å². The fourth-order valence-corrected chi connectivity index (χ4v) is 1.57. The van der Waals surface area contributed by atoms with Gasteiger partial charge in [-0.05, 0) is 18.6 Å². The van der Waals surface area contributed by atoms with Gasteiger partial charge >= 0.3 is 11.8 Å². The van der Waals surface area contributed by atoms with Gasteiger partial charge in [-0.1, -0.05) is 38.0 Å². The Balaban J connectivity index is 2.46. The number of hydrogen-bond donors (Lipinski definition) is 1. The van der Waals surface area contributed by atoms with E-state index in [4.69, 9.17) is 0 Å². The van der Waals surface area contributed by atoms with Crippen LogP contribution in [0, 0.1) is 0 Å². The molecule has 0 saturated heterocycles. The second kappa shape index (κ2) is 7.48. The Kier molecular flexibility index (Phi) is 5.91. The highest BCUT2D eigenvalue weighted by molar-refractivity contribution is 6.40. The molecule has 0 aliphatic heterocycles. The molecule has 0 aromatic heterocycles. The number of benzene rings is 1. The van der Waals surface area contributed by atoms with Gasteiger partial charge in [-0.3, -0.25) is 9.59 Å². The maximum absolute atomic E-state index is 11.8. The number of anilines is 1. The molecule has 0 fully saturated rings. The topological polar surface area (TPSA) is 49.4 Å². The third-order valence-electron chi connectivity index (χ3n) is 2.71. The number of amides is 2. The minimum Gasteiger partial charge on any atom is -0.348 e. The first-order valence-electron chi connectivity index (χ1n) is 6.27. The van der Waals surface area contributed by atoms with Gasteiger partial charge in [-0.25, -0.2) is 0 Å². The summed E-state index contributed by atoms with van der Waals surface area (Å²) in [4.78, 5) is 24.8. The summed E-state index contributed by atoms with van der Waals surface area (Å²) in [6.07, 6.45) is 3.06. The molecule has 0 spiro atoms. The first-order valence-corrected chi connectivity index (χ1v) is 6.27. The number of carbonyl (C=O) groups excluding carboxylic acids is 2. The summed E-state index contributed by atoms with van der Waals surface area (Å²) in [6, 6.07) is 9.12. The summed E-state index contributed by atoms with van der Waals surface area (Å²) in [5, 5.41) is 2.64. The Bertz CT molecular complexity index is 390. The molecule has 0 aliphatic carbocycles. The van der Waals surface area contributed by atoms with Crippen LogP contribution in [-0.2, 0) is 9.59 Å². The summed E-state index contributed by atoms with van der Waals surface area (Å²) in [5.74, 6) is -1.07. The maximum Gasteiger partial charge on any atom is 0.316 e. The average Bonchev–Trinajstić information content (AvgIpc) is 2.42. The van der Waals surface area contributed by atoms with E-state index in [0.29, 0.717) is 12.2 Å². The summed E-state index contributed by atoms with van der Waals surface area (Å²) in [7, 11) is 1.60. The van der Waals surface area contributed by atoms with E-state index in [0.717, 1.165) is 19.3 Å². The summed E-state index contributed by atoms with van der Waals surface area (Å²) in [6.45, 7) is 2.65. The van der Waals surface area contributed by atoms with Gasteiger partial charge < -0.3 is 10.2 Å². The zero-order valence-corrected chi connectivity index (χ0v) is 11.0. The lowest BCUT2D eigenvalue weighted by Gasteiger charge is -2.16. The number of rotatable bonds is 5. The molecule has 4 nitrogen and oxygen atoms in total. The Morgan fingerprint density at radius 3 is 2.44 bits per heavy atom. The number of carbonyl (C=O) groups is 2. The van der Waals surface area contributed by atoms with Crippen molar-refractivity contribution < 1.29 is 9.59 Å². The van der Waals surface area contributed by atoms with Gasteiger partial charge in [0.05, 0.1) is 0 Å². The van der Waals surface area contributed by atoms with Crippen molar-refractivity contribution in [2.45, 2.75) is 26.2 Å². The van der Waals surface area contributed by atoms with Crippen molar-refractivity contribution in [2.24, 2.45) is 0 Å². The Morgan fingerprint density at radius 2 is 1.83 bits per heavy atom. The number of nitrogens with zero attached hydrogens (tertiary/aromatic N) is 1. The normalized spacial score (nSPS) is 9.89. The van der Waals surface area contributed by atoms with Crippen LogP contribution in [0.3, 0.4) is 0 Å². The molecule has 0 atom stereocenters. The van der Waals surface area contributed by atoms with Crippen molar-refractivity contribution in [3.63, 3.8) is 0 Å². The Labute approximate surface area is 108 Å². The molecule has 1 rings (SSSR count). The fraction of sp³-hybridized carbons (Fsp3) is 0.429. The first-order chi connectivity index (χ1) is 8.66. The molecule has 0 saturated carbocycles. The molecule has 4 heteroatoms. The van der Waals surface area contributed by atoms with Crippen LogP contribution < -0.4 is 10.2 Å². The summed E-state index contributed by atoms with van der Waals surface area (Å²) >= 11 is 0. The van der Waals surface area contributed by atoms with Gasteiger partial charge in [0.25, 0.3) is 0 Å². The smallest absolute Gasteiger partial charge is 0.316 e. The van der Waals surface area contributed by atoms with Crippen molar-refractivity contribution in [1.29, 1.82) is 0 Å². The molecule has 0 heterocycles. The van der Waals surface area contributed by atoms with Gasteiger partial charge in [0.15, 0.2) is 0 Å². The van der Waals surface area contributed by atoms with Crippen molar-refractivity contribution in [3.8, 4) is 0 Å². The highest BCUT2D eigenvalue weighted by Crippen LogP contribution is 2.10. The molecule has 0 bridgehead atoms. The zero-order chi connectivity index (χ0) is 13.4. The molecule has 98 valence electrons. The van der Waals surface area contributed by atoms with Crippen LogP contribution in [0.15, 0.2) is 30.3 Å². The van der Waals surface area contributed by atoms with Gasteiger partial charge in [-0.2, -0.15) is 0 Å². The fourth-order valence-electron chi connectivity index (χ4n) is 1.57. The van der Waals surface area contributed by atoms with Gasteiger partial charge in [0.2, 0.25) is 0 Å². The van der Waals surface area contributed by atoms with Crippen LogP contribution in [-0.4, -0.2) is 25.4 Å². The number of para-hydroxylation sites is 1. The van der Waals surface area contributed by atoms with Crippen LogP contribution in [0.2, 0.25) is 0 Å². The van der Waals surface area contributed by atoms with Gasteiger partial charge in [-0.15, -0.1) is 0 Å². The van der Waals surface area contributed by atoms with Gasteiger partial charge in [0.1, 0.15) is 0 Å². The molecular formula is C14H20N2O2. The lowest BCUT2D eigenvalue weighted by Crippen LogP contribution is -2.41. The van der Waals surface area contributed by atoms with Crippen LogP contribution in [0.5, 0.6) is 0 Å². The molecule has 1 N–H and O–H groups in total. The van der Waals surface area contributed by atoms with Crippen LogP contribution in [0.1, 0.15) is 26.2 Å². The van der Waals surface area contributed by atoms with E-state index >= 15 is 0 Å². The number of nitrogens with one attached hydrogen (secondary N) is 1. The average molecular weight is 248 g/mol. The number of unbranched alkanes of at least 4 members (excludes halogenated alkanes) is 2. The predicted octanol–water partition coefficient (Wildman–Crippen LogP) is 1.96. The molecular weight excluding hydrogens is 228 g/mol. The first kappa shape index (κ1) is 14.2. The van der Waals surface area contributed by atoms with E-state index in [-0.39, 0.29) is 0 Å². The predicted molar refractivity (Wildman–Crippen MR) is 72.4 cm³/mol. The summed E-state index contributed by atoms with van der Waals surface area (Å²) in [5.41, 5.74) is 0.714. The second-order valence-corrected chi connectivity index (χ2v) is 4.16. The Morgan fingerprint density at radius 1 is 1.17 bits per heavy atom. The summed E-state index contributed by atoms with van der Waals surface area (Å²) < 4.78 is 0. The standard InChI is InChI=1S/C14H20N2O2/c1-3-4-8-11-15-13(17)14(18)16(2)12-9-6-5-7-10-12/h5-7,9-10H,3-4,8,11H2,1-2H3,(H,15,17). The van der Waals surface area contributed by atoms with Crippen LogP contribution in [0.4, 0.5) is 5.69 Å². The SMILES string of the molecule is CCCCCNC(=O)C(=O)N(C)c1ccccc1. The van der Waals surface area contributed by atoms with E-state index < -0.39 is 11.8 Å². The number of hydrogen-bond acceptors (Lipinski definition) is 2. The zero-order valence-electron chi connectivity index (χ0n) is 11.0. The molecule has 1 aromatic rings. The van der Waals surface area contributed by atoms with Crippen molar-refractivity contribution in [3.05, 3.63) is 30.3 Å². The van der Waals surface area contributed by atoms with E-state index in [9.17, 15) is 9.59 Å². The minimum absolute atomic E-state index is 0.530.